The van der Waals surface area contributed by atoms with Gasteiger partial charge in [-0.15, -0.1) is 0 Å². The first kappa shape index (κ1) is 35.8. The van der Waals surface area contributed by atoms with Crippen molar-refractivity contribution in [2.45, 2.75) is 12.1 Å². The lowest BCUT2D eigenvalue weighted by Gasteiger charge is -2.37. The molecule has 1 aliphatic heterocycles. The minimum absolute atomic E-state index is 0.336. The number of rotatable bonds is 7. The van der Waals surface area contributed by atoms with Crippen molar-refractivity contribution in [2.24, 2.45) is 4.99 Å². The number of hydrogen-bond donors (Lipinski definition) is 0. The molecule has 0 fully saturated rings. The minimum atomic E-state index is -0.846. The van der Waals surface area contributed by atoms with E-state index in [0.29, 0.717) is 28.1 Å². The predicted molar refractivity (Wildman–Crippen MR) is 220 cm³/mol. The molecule has 12 heteroatoms. The van der Waals surface area contributed by atoms with Gasteiger partial charge in [0.15, 0.2) is 0 Å². The van der Waals surface area contributed by atoms with Gasteiger partial charge in [-0.3, -0.25) is 9.56 Å². The van der Waals surface area contributed by atoms with Crippen LogP contribution in [0.15, 0.2) is 176 Å². The summed E-state index contributed by atoms with van der Waals surface area (Å²) in [6.07, 6.45) is 12.0. The lowest BCUT2D eigenvalue weighted by atomic mass is 9.77. The van der Waals surface area contributed by atoms with E-state index in [0.717, 1.165) is 55.8 Å². The van der Waals surface area contributed by atoms with Crippen LogP contribution in [0.5, 0.6) is 0 Å². The highest BCUT2D eigenvalue weighted by atomic mass is 35.5. The Kier molecular flexibility index (Phi) is 9.63. The highest BCUT2D eigenvalue weighted by Crippen LogP contribution is 2.44. The average molecular weight is 787 g/mol. The summed E-state index contributed by atoms with van der Waals surface area (Å²) in [5.41, 5.74) is 8.27. The number of aliphatic imine (C=N–C) groups is 1. The molecule has 7 heterocycles. The summed E-state index contributed by atoms with van der Waals surface area (Å²) in [6.45, 7) is 0.636. The van der Waals surface area contributed by atoms with Gasteiger partial charge in [0.2, 0.25) is 5.95 Å². The third kappa shape index (κ3) is 6.75. The van der Waals surface area contributed by atoms with Gasteiger partial charge in [-0.1, -0.05) is 114 Å². The summed E-state index contributed by atoms with van der Waals surface area (Å²) in [5, 5.41) is 6.75. The zero-order valence-electron chi connectivity index (χ0n) is 30.0. The normalized spacial score (nSPS) is 12.2. The van der Waals surface area contributed by atoms with Crippen molar-refractivity contribution in [1.29, 1.82) is 0 Å². The van der Waals surface area contributed by atoms with E-state index in [1.165, 1.54) is 12.3 Å². The van der Waals surface area contributed by atoms with Gasteiger partial charge in [-0.05, 0) is 47.0 Å². The third-order valence-electron chi connectivity index (χ3n) is 9.83. The maximum Gasteiger partial charge on any atom is 0.213 e. The number of fused-ring (bicyclic) bond motifs is 2. The summed E-state index contributed by atoms with van der Waals surface area (Å²) in [5.74, 6) is 0.233. The first-order chi connectivity index (χ1) is 28.0. The van der Waals surface area contributed by atoms with Gasteiger partial charge in [0.25, 0.3) is 0 Å². The molecule has 6 aromatic heterocycles. The Morgan fingerprint density at radius 3 is 1.91 bits per heavy atom. The molecule has 10 rings (SSSR count). The van der Waals surface area contributed by atoms with Gasteiger partial charge in [0.1, 0.15) is 33.7 Å². The first-order valence-electron chi connectivity index (χ1n) is 18.0. The fraction of sp³-hybridized carbons (Fsp3) is 0.0444. The lowest BCUT2D eigenvalue weighted by Crippen LogP contribution is -2.38. The number of hydrogen-bond acceptors (Lipinski definition) is 7. The van der Waals surface area contributed by atoms with Crippen molar-refractivity contribution in [3.8, 4) is 17.1 Å². The van der Waals surface area contributed by atoms with Crippen LogP contribution in [0.2, 0.25) is 10.3 Å². The summed E-state index contributed by atoms with van der Waals surface area (Å²) in [7, 11) is 0. The highest BCUT2D eigenvalue weighted by molar-refractivity contribution is 6.30. The first-order valence-corrected chi connectivity index (χ1v) is 18.7. The third-order valence-corrected chi connectivity index (χ3v) is 10.2. The number of aromatic nitrogens is 8. The highest BCUT2D eigenvalue weighted by Gasteiger charge is 2.41. The van der Waals surface area contributed by atoms with Gasteiger partial charge in [0, 0.05) is 64.7 Å². The van der Waals surface area contributed by atoms with Crippen molar-refractivity contribution in [3.05, 3.63) is 221 Å². The van der Waals surface area contributed by atoms with Crippen molar-refractivity contribution in [2.75, 3.05) is 0 Å². The van der Waals surface area contributed by atoms with Gasteiger partial charge >= 0.3 is 0 Å². The lowest BCUT2D eigenvalue weighted by molar-refractivity contribution is 0.477. The number of halogens is 3. The zero-order valence-corrected chi connectivity index (χ0v) is 31.5. The fourth-order valence-electron chi connectivity index (χ4n) is 7.31. The van der Waals surface area contributed by atoms with Crippen LogP contribution in [0, 0.1) is 5.95 Å². The molecule has 57 heavy (non-hydrogen) atoms. The van der Waals surface area contributed by atoms with Crippen molar-refractivity contribution in [1.82, 2.24) is 39.3 Å². The molecule has 0 saturated carbocycles. The van der Waals surface area contributed by atoms with Crippen molar-refractivity contribution in [3.63, 3.8) is 0 Å². The van der Waals surface area contributed by atoms with Crippen LogP contribution in [0.25, 0.3) is 28.0 Å². The van der Waals surface area contributed by atoms with Crippen LogP contribution in [-0.2, 0) is 12.1 Å². The largest absolute Gasteiger partial charge is 0.291 e. The molecule has 9 nitrogen and oxygen atoms in total. The molecule has 1 aliphatic rings. The van der Waals surface area contributed by atoms with Gasteiger partial charge < -0.3 is 0 Å². The summed E-state index contributed by atoms with van der Waals surface area (Å²) >= 11 is 12.3. The summed E-state index contributed by atoms with van der Waals surface area (Å²) in [4.78, 5) is 25.2. The molecule has 0 aliphatic carbocycles. The second kappa shape index (κ2) is 15.3. The van der Waals surface area contributed by atoms with Crippen LogP contribution in [0.1, 0.15) is 33.4 Å². The van der Waals surface area contributed by atoms with E-state index >= 15 is 0 Å². The molecule has 0 unspecified atom stereocenters. The van der Waals surface area contributed by atoms with Crippen molar-refractivity contribution >= 4 is 39.8 Å². The van der Waals surface area contributed by atoms with E-state index in [1.54, 1.807) is 43.2 Å². The number of imidazole rings is 1. The van der Waals surface area contributed by atoms with Crippen LogP contribution in [-0.4, -0.2) is 45.0 Å². The van der Waals surface area contributed by atoms with E-state index in [4.69, 9.17) is 28.3 Å². The zero-order chi connectivity index (χ0) is 38.8. The van der Waals surface area contributed by atoms with Gasteiger partial charge in [-0.25, -0.2) is 29.6 Å². The smallest absolute Gasteiger partial charge is 0.213 e. The second-order valence-corrected chi connectivity index (χ2v) is 13.9. The molecular formula is C45H30Cl2FN9. The number of nitrogens with zero attached hydrogens (tertiary/aromatic N) is 9. The molecule has 0 spiro atoms. The van der Waals surface area contributed by atoms with Crippen LogP contribution < -0.4 is 0 Å². The minimum Gasteiger partial charge on any atom is -0.291 e. The average Bonchev–Trinajstić information content (AvgIpc) is 4.03. The molecule has 0 radical (unpaired) electrons. The molecule has 276 valence electrons. The Labute approximate surface area is 336 Å². The molecule has 3 aromatic carbocycles. The Bertz CT molecular complexity index is 2770. The maximum absolute atomic E-state index is 14.2. The van der Waals surface area contributed by atoms with E-state index < -0.39 is 11.5 Å². The molecule has 0 N–H and O–H groups in total. The molecule has 0 amide bonds. The van der Waals surface area contributed by atoms with Gasteiger partial charge in [-0.2, -0.15) is 9.49 Å². The number of benzene rings is 3. The van der Waals surface area contributed by atoms with E-state index in [1.807, 2.05) is 88.2 Å². The molecule has 0 bridgehead atoms. The van der Waals surface area contributed by atoms with E-state index in [2.05, 4.69) is 66.3 Å². The molecule has 9 aromatic rings. The van der Waals surface area contributed by atoms with Crippen LogP contribution in [0.4, 0.5) is 4.39 Å². The van der Waals surface area contributed by atoms with Crippen LogP contribution >= 0.6 is 23.2 Å². The second-order valence-electron chi connectivity index (χ2n) is 13.2. The number of pyridine rings is 4. The van der Waals surface area contributed by atoms with E-state index in [9.17, 15) is 4.39 Å². The Balaban J connectivity index is 0.000000170. The Morgan fingerprint density at radius 1 is 0.632 bits per heavy atom. The standard InChI is InChI=1S/C30H20ClFN4.C15H10ClN5/c31-27-19-25-26(20-34-27)36(35-29(25)21-16-17-33-28(32)18-21)30(22-10-4-1-5-11-22,23-12-6-2-7-13-23)24-14-8-3-9-15-24;16-13-6-12-11(7-19-13)8-20-15(12)10-1-2-18-14(5-10)21-4-3-17-9-21/h1-20H;1-7,9H,8H2. The quantitative estimate of drug-likeness (QED) is 0.118. The SMILES string of the molecule is Clc1cc2c(cn1)CN=C2c1ccnc(-n2ccnc2)c1.Fc1cc(-c2nn(C(c3ccccc3)(c3ccccc3)c3ccccc3)c3cnc(Cl)cc23)ccn1. The monoisotopic (exact) mass is 785 g/mol. The van der Waals surface area contributed by atoms with Crippen molar-refractivity contribution < 1.29 is 4.39 Å². The topological polar surface area (TPSA) is 99.6 Å². The predicted octanol–water partition coefficient (Wildman–Crippen LogP) is 9.79. The van der Waals surface area contributed by atoms with Gasteiger partial charge in [0.05, 0.1) is 24.0 Å². The fourth-order valence-corrected chi connectivity index (χ4v) is 7.63. The molecule has 0 saturated heterocycles. The summed E-state index contributed by atoms with van der Waals surface area (Å²) < 4.78 is 18.0. The Morgan fingerprint density at radius 2 is 1.26 bits per heavy atom. The summed E-state index contributed by atoms with van der Waals surface area (Å²) in [6, 6.07) is 41.4. The van der Waals surface area contributed by atoms with Crippen LogP contribution in [0.3, 0.4) is 0 Å². The molecule has 0 atom stereocenters. The molecular weight excluding hydrogens is 756 g/mol. The maximum atomic E-state index is 14.2. The van der Waals surface area contributed by atoms with E-state index in [-0.39, 0.29) is 0 Å². The Hall–Kier alpha value is -6.88.